The molecular weight excluding hydrogens is 148 g/mol. The number of rotatable bonds is 0. The summed E-state index contributed by atoms with van der Waals surface area (Å²) >= 11 is 5.74. The number of hydrogen-bond acceptors (Lipinski definition) is 2. The molecule has 54 valence electrons. The summed E-state index contributed by atoms with van der Waals surface area (Å²) in [5.41, 5.74) is 0.730. The van der Waals surface area contributed by atoms with Crippen LogP contribution in [0.3, 0.4) is 0 Å². The summed E-state index contributed by atoms with van der Waals surface area (Å²) in [6.07, 6.45) is 0.759. The van der Waals surface area contributed by atoms with Crippen LogP contribution < -0.4 is 5.32 Å². The van der Waals surface area contributed by atoms with Crippen molar-refractivity contribution >= 4 is 11.6 Å². The Morgan fingerprint density at radius 3 is 3.00 bits per heavy atom. The van der Waals surface area contributed by atoms with Crippen LogP contribution in [0.15, 0.2) is 10.6 Å². The van der Waals surface area contributed by atoms with Crippen molar-refractivity contribution in [3.63, 3.8) is 0 Å². The fraction of sp³-hybridized carbons (Fsp3) is 0.571. The third-order valence-corrected chi connectivity index (χ3v) is 1.94. The van der Waals surface area contributed by atoms with Gasteiger partial charge in [0.1, 0.15) is 0 Å². The van der Waals surface area contributed by atoms with Gasteiger partial charge in [0.25, 0.3) is 0 Å². The van der Waals surface area contributed by atoms with E-state index in [9.17, 15) is 0 Å². The molecule has 0 radical (unpaired) electrons. The third-order valence-electron chi connectivity index (χ3n) is 1.58. The Kier molecular flexibility index (Phi) is 2.31. The highest BCUT2D eigenvalue weighted by Crippen LogP contribution is 2.17. The second-order valence-electron chi connectivity index (χ2n) is 2.48. The van der Waals surface area contributed by atoms with E-state index in [0.29, 0.717) is 17.6 Å². The van der Waals surface area contributed by atoms with E-state index in [0.717, 1.165) is 12.0 Å². The van der Waals surface area contributed by atoms with Crippen LogP contribution in [0, 0.1) is 11.3 Å². The molecule has 1 aliphatic rings. The largest absolute Gasteiger partial charge is 0.309 e. The molecule has 0 aliphatic carbocycles. The van der Waals surface area contributed by atoms with E-state index < -0.39 is 0 Å². The fourth-order valence-corrected chi connectivity index (χ4v) is 1.16. The Labute approximate surface area is 65.5 Å². The molecule has 2 nitrogen and oxygen atoms in total. The summed E-state index contributed by atoms with van der Waals surface area (Å²) in [4.78, 5) is 0. The smallest absolute Gasteiger partial charge is 0.0960 e. The molecule has 1 aliphatic heterocycles. The van der Waals surface area contributed by atoms with Crippen molar-refractivity contribution in [2.75, 3.05) is 6.54 Å². The molecule has 1 N–H and O–H groups in total. The Hall–Kier alpha value is -0.520. The van der Waals surface area contributed by atoms with Crippen LogP contribution in [-0.4, -0.2) is 12.6 Å². The first-order chi connectivity index (χ1) is 4.74. The lowest BCUT2D eigenvalue weighted by Gasteiger charge is -2.19. The molecule has 0 aromatic carbocycles. The van der Waals surface area contributed by atoms with Gasteiger partial charge in [-0.15, -0.1) is 0 Å². The lowest BCUT2D eigenvalue weighted by molar-refractivity contribution is 0.556. The second kappa shape index (κ2) is 3.05. The predicted molar refractivity (Wildman–Crippen MR) is 40.6 cm³/mol. The van der Waals surface area contributed by atoms with Crippen LogP contribution in [0.5, 0.6) is 0 Å². The summed E-state index contributed by atoms with van der Waals surface area (Å²) in [7, 11) is 0. The minimum Gasteiger partial charge on any atom is -0.309 e. The molecule has 1 atom stereocenters. The van der Waals surface area contributed by atoms with Gasteiger partial charge < -0.3 is 5.32 Å². The quantitative estimate of drug-likeness (QED) is 0.575. The molecule has 0 aromatic heterocycles. The van der Waals surface area contributed by atoms with Gasteiger partial charge in [-0.1, -0.05) is 11.6 Å². The third kappa shape index (κ3) is 1.50. The fourth-order valence-electron chi connectivity index (χ4n) is 0.966. The van der Waals surface area contributed by atoms with Gasteiger partial charge in [-0.2, -0.15) is 5.26 Å². The maximum Gasteiger partial charge on any atom is 0.0960 e. The van der Waals surface area contributed by atoms with Gasteiger partial charge in [0.2, 0.25) is 0 Å². The van der Waals surface area contributed by atoms with E-state index >= 15 is 0 Å². The van der Waals surface area contributed by atoms with E-state index in [4.69, 9.17) is 16.9 Å². The molecule has 0 saturated heterocycles. The molecule has 10 heavy (non-hydrogen) atoms. The summed E-state index contributed by atoms with van der Waals surface area (Å²) in [6.45, 7) is 2.69. The lowest BCUT2D eigenvalue weighted by atomic mass is 10.1. The molecule has 0 bridgehead atoms. The average Bonchev–Trinajstić information content (AvgIpc) is 1.94. The number of nitrogens with zero attached hydrogens (tertiary/aromatic N) is 1. The monoisotopic (exact) mass is 156 g/mol. The van der Waals surface area contributed by atoms with Crippen molar-refractivity contribution in [1.82, 2.24) is 5.32 Å². The number of nitrogens with one attached hydrogen (secondary N) is 1. The first-order valence-corrected chi connectivity index (χ1v) is 3.63. The summed E-state index contributed by atoms with van der Waals surface area (Å²) in [5.74, 6) is 0. The Morgan fingerprint density at radius 2 is 2.50 bits per heavy atom. The molecule has 0 aromatic rings. The van der Waals surface area contributed by atoms with Crippen molar-refractivity contribution in [1.29, 1.82) is 5.26 Å². The van der Waals surface area contributed by atoms with Crippen molar-refractivity contribution in [3.05, 3.63) is 10.6 Å². The van der Waals surface area contributed by atoms with Crippen molar-refractivity contribution in [2.24, 2.45) is 0 Å². The second-order valence-corrected chi connectivity index (χ2v) is 2.94. The standard InChI is InChI=1S/C7H9ClN2/c1-5-2-6(3-9)7(8)4-10-5/h5,10H,2,4H2,1H3/t5-/m1/s1. The molecule has 1 rings (SSSR count). The zero-order chi connectivity index (χ0) is 7.56. The minimum absolute atomic E-state index is 0.386. The first-order valence-electron chi connectivity index (χ1n) is 3.25. The van der Waals surface area contributed by atoms with Gasteiger partial charge >= 0.3 is 0 Å². The molecular formula is C7H9ClN2. The Morgan fingerprint density at radius 1 is 1.80 bits per heavy atom. The Bertz CT molecular complexity index is 202. The van der Waals surface area contributed by atoms with Gasteiger partial charge in [0, 0.05) is 23.2 Å². The summed E-state index contributed by atoms with van der Waals surface area (Å²) in [5, 5.41) is 12.4. The molecule has 0 unspecified atom stereocenters. The van der Waals surface area contributed by atoms with Gasteiger partial charge in [-0.05, 0) is 13.3 Å². The highest BCUT2D eigenvalue weighted by Gasteiger charge is 2.14. The molecule has 0 amide bonds. The lowest BCUT2D eigenvalue weighted by Crippen LogP contribution is -2.31. The highest BCUT2D eigenvalue weighted by atomic mass is 35.5. The topological polar surface area (TPSA) is 35.8 Å². The number of halogens is 1. The maximum atomic E-state index is 8.56. The van der Waals surface area contributed by atoms with Crippen molar-refractivity contribution in [2.45, 2.75) is 19.4 Å². The predicted octanol–water partition coefficient (Wildman–Crippen LogP) is 1.38. The van der Waals surface area contributed by atoms with Crippen LogP contribution in [0.4, 0.5) is 0 Å². The zero-order valence-electron chi connectivity index (χ0n) is 5.82. The van der Waals surface area contributed by atoms with Crippen molar-refractivity contribution < 1.29 is 0 Å². The van der Waals surface area contributed by atoms with Gasteiger partial charge in [0.05, 0.1) is 6.07 Å². The van der Waals surface area contributed by atoms with E-state index in [1.165, 1.54) is 0 Å². The average molecular weight is 157 g/mol. The minimum atomic E-state index is 0.386. The molecule has 0 spiro atoms. The number of nitriles is 1. The number of hydrogen-bond donors (Lipinski definition) is 1. The molecule has 0 saturated carbocycles. The highest BCUT2D eigenvalue weighted by molar-refractivity contribution is 6.30. The van der Waals surface area contributed by atoms with Crippen LogP contribution in [0.1, 0.15) is 13.3 Å². The van der Waals surface area contributed by atoms with Crippen LogP contribution in [0.25, 0.3) is 0 Å². The van der Waals surface area contributed by atoms with Crippen LogP contribution in [-0.2, 0) is 0 Å². The van der Waals surface area contributed by atoms with Crippen molar-refractivity contribution in [3.8, 4) is 6.07 Å². The van der Waals surface area contributed by atoms with Gasteiger partial charge in [-0.25, -0.2) is 0 Å². The molecule has 0 fully saturated rings. The summed E-state index contributed by atoms with van der Waals surface area (Å²) < 4.78 is 0. The first kappa shape index (κ1) is 7.59. The molecule has 3 heteroatoms. The summed E-state index contributed by atoms with van der Waals surface area (Å²) in [6, 6.07) is 2.48. The molecule has 1 heterocycles. The van der Waals surface area contributed by atoms with E-state index in [-0.39, 0.29) is 0 Å². The van der Waals surface area contributed by atoms with E-state index in [1.807, 2.05) is 6.92 Å². The maximum absolute atomic E-state index is 8.56. The normalized spacial score (nSPS) is 26.3. The van der Waals surface area contributed by atoms with Gasteiger partial charge in [-0.3, -0.25) is 0 Å². The van der Waals surface area contributed by atoms with Crippen LogP contribution in [0.2, 0.25) is 0 Å². The van der Waals surface area contributed by atoms with E-state index in [2.05, 4.69) is 11.4 Å². The van der Waals surface area contributed by atoms with Gasteiger partial charge in [0.15, 0.2) is 0 Å². The van der Waals surface area contributed by atoms with Crippen LogP contribution >= 0.6 is 11.6 Å². The Balaban J connectivity index is 2.75. The van der Waals surface area contributed by atoms with E-state index in [1.54, 1.807) is 0 Å². The SMILES string of the molecule is C[C@@H]1CC(C#N)=C(Cl)CN1. The zero-order valence-corrected chi connectivity index (χ0v) is 6.57.